The van der Waals surface area contributed by atoms with Crippen molar-refractivity contribution in [3.05, 3.63) is 57.5 Å². The molecule has 1 unspecified atom stereocenters. The number of anilines is 1. The van der Waals surface area contributed by atoms with E-state index in [1.807, 2.05) is 12.1 Å². The van der Waals surface area contributed by atoms with Crippen LogP contribution < -0.4 is 10.1 Å². The van der Waals surface area contributed by atoms with Gasteiger partial charge in [-0.15, -0.1) is 0 Å². The van der Waals surface area contributed by atoms with Gasteiger partial charge in [0, 0.05) is 30.3 Å². The Kier molecular flexibility index (Phi) is 7.73. The first-order chi connectivity index (χ1) is 13.5. The molecule has 1 aliphatic rings. The van der Waals surface area contributed by atoms with E-state index < -0.39 is 6.10 Å². The van der Waals surface area contributed by atoms with Crippen LogP contribution in [0.1, 0.15) is 12.5 Å². The number of rotatable bonds is 7. The van der Waals surface area contributed by atoms with E-state index in [1.165, 1.54) is 5.56 Å². The molecule has 1 atom stereocenters. The van der Waals surface area contributed by atoms with Crippen LogP contribution in [-0.2, 0) is 16.0 Å². The molecule has 1 N–H and O–H groups in total. The molecule has 150 valence electrons. The van der Waals surface area contributed by atoms with Gasteiger partial charge in [0.15, 0.2) is 6.10 Å². The number of halogens is 2. The van der Waals surface area contributed by atoms with E-state index in [1.54, 1.807) is 25.1 Å². The molecular formula is C21H24BrClN2O3. The van der Waals surface area contributed by atoms with Gasteiger partial charge >= 0.3 is 0 Å². The molecule has 0 aromatic heterocycles. The van der Waals surface area contributed by atoms with E-state index in [4.69, 9.17) is 21.1 Å². The average molecular weight is 468 g/mol. The van der Waals surface area contributed by atoms with Crippen molar-refractivity contribution in [2.24, 2.45) is 0 Å². The number of carbonyl (C=O) groups excluding carboxylic acids is 1. The highest BCUT2D eigenvalue weighted by atomic mass is 79.9. The third-order valence-corrected chi connectivity index (χ3v) is 5.46. The highest BCUT2D eigenvalue weighted by Crippen LogP contribution is 2.28. The lowest BCUT2D eigenvalue weighted by Crippen LogP contribution is -2.37. The Morgan fingerprint density at radius 2 is 1.96 bits per heavy atom. The molecule has 0 radical (unpaired) electrons. The number of hydrogen-bond donors (Lipinski definition) is 1. The van der Waals surface area contributed by atoms with Crippen LogP contribution in [0.15, 0.2) is 46.9 Å². The Morgan fingerprint density at radius 1 is 1.25 bits per heavy atom. The fourth-order valence-corrected chi connectivity index (χ4v) is 3.70. The van der Waals surface area contributed by atoms with Gasteiger partial charge in [0.1, 0.15) is 5.75 Å². The molecule has 7 heteroatoms. The number of ether oxygens (including phenoxy) is 2. The van der Waals surface area contributed by atoms with Crippen molar-refractivity contribution >= 4 is 39.1 Å². The number of carbonyl (C=O) groups is 1. The summed E-state index contributed by atoms with van der Waals surface area (Å²) in [5.41, 5.74) is 2.00. The first kappa shape index (κ1) is 21.1. The fraction of sp³-hybridized carbons (Fsp3) is 0.381. The predicted molar refractivity (Wildman–Crippen MR) is 115 cm³/mol. The first-order valence-electron chi connectivity index (χ1n) is 9.33. The van der Waals surface area contributed by atoms with Crippen LogP contribution in [0, 0.1) is 0 Å². The predicted octanol–water partition coefficient (Wildman–Crippen LogP) is 4.38. The molecule has 1 fully saturated rings. The maximum absolute atomic E-state index is 12.4. The molecule has 5 nitrogen and oxygen atoms in total. The third-order valence-electron chi connectivity index (χ3n) is 4.61. The molecule has 2 aromatic rings. The van der Waals surface area contributed by atoms with Crippen LogP contribution in [0.25, 0.3) is 0 Å². The molecule has 0 aliphatic carbocycles. The smallest absolute Gasteiger partial charge is 0.265 e. The van der Waals surface area contributed by atoms with Gasteiger partial charge in [-0.25, -0.2) is 0 Å². The second-order valence-corrected chi connectivity index (χ2v) is 8.02. The van der Waals surface area contributed by atoms with Gasteiger partial charge in [0.05, 0.1) is 17.7 Å². The molecule has 28 heavy (non-hydrogen) atoms. The van der Waals surface area contributed by atoms with Gasteiger partial charge in [0.2, 0.25) is 0 Å². The third kappa shape index (κ3) is 6.21. The van der Waals surface area contributed by atoms with E-state index in [0.29, 0.717) is 15.2 Å². The van der Waals surface area contributed by atoms with E-state index in [9.17, 15) is 4.79 Å². The summed E-state index contributed by atoms with van der Waals surface area (Å²) in [5.74, 6) is 0.369. The SMILES string of the molecule is CC(Oc1ccc(Cl)cc1Br)C(=O)Nc1ccc(CCN2CCOCC2)cc1. The molecule has 3 rings (SSSR count). The summed E-state index contributed by atoms with van der Waals surface area (Å²) in [6.07, 6.45) is 0.344. The molecule has 0 saturated carbocycles. The number of nitrogens with one attached hydrogen (secondary N) is 1. The van der Waals surface area contributed by atoms with Gasteiger partial charge in [-0.1, -0.05) is 23.7 Å². The number of morpholine rings is 1. The molecule has 1 saturated heterocycles. The zero-order valence-corrected chi connectivity index (χ0v) is 18.1. The molecule has 0 spiro atoms. The van der Waals surface area contributed by atoms with Gasteiger partial charge in [-0.2, -0.15) is 0 Å². The number of amides is 1. The summed E-state index contributed by atoms with van der Waals surface area (Å²) in [4.78, 5) is 14.8. The average Bonchev–Trinajstić information content (AvgIpc) is 2.70. The molecule has 1 aliphatic heterocycles. The Labute approximate surface area is 179 Å². The summed E-state index contributed by atoms with van der Waals surface area (Å²) >= 11 is 9.32. The Morgan fingerprint density at radius 3 is 2.64 bits per heavy atom. The van der Waals surface area contributed by atoms with Gasteiger partial charge < -0.3 is 14.8 Å². The second kappa shape index (κ2) is 10.3. The van der Waals surface area contributed by atoms with Crippen molar-refractivity contribution in [1.82, 2.24) is 4.90 Å². The van der Waals surface area contributed by atoms with E-state index in [2.05, 4.69) is 38.3 Å². The monoisotopic (exact) mass is 466 g/mol. The molecular weight excluding hydrogens is 444 g/mol. The lowest BCUT2D eigenvalue weighted by atomic mass is 10.1. The summed E-state index contributed by atoms with van der Waals surface area (Å²) in [5, 5.41) is 3.50. The van der Waals surface area contributed by atoms with Crippen LogP contribution >= 0.6 is 27.5 Å². The molecule has 1 heterocycles. The van der Waals surface area contributed by atoms with Gasteiger partial charge in [-0.3, -0.25) is 9.69 Å². The lowest BCUT2D eigenvalue weighted by Gasteiger charge is -2.26. The van der Waals surface area contributed by atoms with E-state index in [0.717, 1.165) is 45.0 Å². The van der Waals surface area contributed by atoms with Crippen LogP contribution in [0.5, 0.6) is 5.75 Å². The lowest BCUT2D eigenvalue weighted by molar-refractivity contribution is -0.122. The van der Waals surface area contributed by atoms with Crippen LogP contribution in [0.3, 0.4) is 0 Å². The van der Waals surface area contributed by atoms with E-state index in [-0.39, 0.29) is 5.91 Å². The highest BCUT2D eigenvalue weighted by Gasteiger charge is 2.16. The van der Waals surface area contributed by atoms with Crippen molar-refractivity contribution in [3.8, 4) is 5.75 Å². The van der Waals surface area contributed by atoms with Crippen LogP contribution in [-0.4, -0.2) is 49.8 Å². The normalized spacial score (nSPS) is 15.8. The second-order valence-electron chi connectivity index (χ2n) is 6.73. The topological polar surface area (TPSA) is 50.8 Å². The summed E-state index contributed by atoms with van der Waals surface area (Å²) in [7, 11) is 0. The number of benzene rings is 2. The number of hydrogen-bond acceptors (Lipinski definition) is 4. The Hall–Kier alpha value is -1.60. The molecule has 2 aromatic carbocycles. The van der Waals surface area contributed by atoms with Crippen LogP contribution in [0.2, 0.25) is 5.02 Å². The maximum Gasteiger partial charge on any atom is 0.265 e. The van der Waals surface area contributed by atoms with Crippen molar-refractivity contribution in [2.45, 2.75) is 19.4 Å². The van der Waals surface area contributed by atoms with Gasteiger partial charge in [-0.05, 0) is 65.2 Å². The molecule has 1 amide bonds. The van der Waals surface area contributed by atoms with Crippen molar-refractivity contribution < 1.29 is 14.3 Å². The summed E-state index contributed by atoms with van der Waals surface area (Å²) < 4.78 is 11.8. The van der Waals surface area contributed by atoms with Gasteiger partial charge in [0.25, 0.3) is 5.91 Å². The Bertz CT molecular complexity index is 795. The summed E-state index contributed by atoms with van der Waals surface area (Å²) in [6.45, 7) is 6.37. The van der Waals surface area contributed by atoms with Crippen molar-refractivity contribution in [2.75, 3.05) is 38.2 Å². The highest BCUT2D eigenvalue weighted by molar-refractivity contribution is 9.10. The van der Waals surface area contributed by atoms with Crippen molar-refractivity contribution in [1.29, 1.82) is 0 Å². The minimum absolute atomic E-state index is 0.206. The fourth-order valence-electron chi connectivity index (χ4n) is 2.93. The minimum Gasteiger partial charge on any atom is -0.480 e. The van der Waals surface area contributed by atoms with Crippen molar-refractivity contribution in [3.63, 3.8) is 0 Å². The zero-order chi connectivity index (χ0) is 19.9. The largest absolute Gasteiger partial charge is 0.480 e. The Balaban J connectivity index is 1.49. The maximum atomic E-state index is 12.4. The van der Waals surface area contributed by atoms with E-state index >= 15 is 0 Å². The number of nitrogens with zero attached hydrogens (tertiary/aromatic N) is 1. The van der Waals surface area contributed by atoms with Crippen LogP contribution in [0.4, 0.5) is 5.69 Å². The minimum atomic E-state index is -0.640. The first-order valence-corrected chi connectivity index (χ1v) is 10.5. The standard InChI is InChI=1S/C21H24BrClN2O3/c1-15(28-20-7-4-17(23)14-19(20)22)21(26)24-18-5-2-16(3-6-18)8-9-25-10-12-27-13-11-25/h2-7,14-15H,8-13H2,1H3,(H,24,26). The zero-order valence-electron chi connectivity index (χ0n) is 15.8. The quantitative estimate of drug-likeness (QED) is 0.656. The summed E-state index contributed by atoms with van der Waals surface area (Å²) in [6, 6.07) is 13.2. The molecule has 0 bridgehead atoms.